The number of nitrogens with one attached hydrogen (secondary N) is 1. The van der Waals surface area contributed by atoms with E-state index in [-0.39, 0.29) is 12.1 Å². The van der Waals surface area contributed by atoms with Gasteiger partial charge in [0.25, 0.3) is 0 Å². The predicted octanol–water partition coefficient (Wildman–Crippen LogP) is 2.98. The number of anilines is 1. The molecule has 6 heteroatoms. The number of rotatable bonds is 3. The number of hydrogen-bond acceptors (Lipinski definition) is 5. The summed E-state index contributed by atoms with van der Waals surface area (Å²) in [5, 5.41) is 2.88. The lowest BCUT2D eigenvalue weighted by Gasteiger charge is -2.36. The van der Waals surface area contributed by atoms with Crippen LogP contribution >= 0.6 is 0 Å². The van der Waals surface area contributed by atoms with Gasteiger partial charge in [-0.15, -0.1) is 0 Å². The van der Waals surface area contributed by atoms with Crippen LogP contribution in [-0.2, 0) is 4.74 Å². The average Bonchev–Trinajstić information content (AvgIpc) is 2.42. The van der Waals surface area contributed by atoms with Crippen LogP contribution in [0.5, 0.6) is 0 Å². The molecule has 1 aliphatic rings. The van der Waals surface area contributed by atoms with Crippen LogP contribution in [0.25, 0.3) is 0 Å². The molecule has 2 rings (SSSR count). The van der Waals surface area contributed by atoms with Gasteiger partial charge in [-0.1, -0.05) is 0 Å². The van der Waals surface area contributed by atoms with Gasteiger partial charge >= 0.3 is 6.09 Å². The van der Waals surface area contributed by atoms with Gasteiger partial charge in [-0.25, -0.2) is 14.8 Å². The van der Waals surface area contributed by atoms with Gasteiger partial charge in [0.1, 0.15) is 5.60 Å². The van der Waals surface area contributed by atoms with Crippen LogP contribution in [0, 0.1) is 13.8 Å². The molecule has 0 aliphatic carbocycles. The van der Waals surface area contributed by atoms with Crippen molar-refractivity contribution in [1.29, 1.82) is 0 Å². The summed E-state index contributed by atoms with van der Waals surface area (Å²) >= 11 is 0. The molecule has 1 fully saturated rings. The van der Waals surface area contributed by atoms with Gasteiger partial charge in [0.15, 0.2) is 0 Å². The molecule has 0 spiro atoms. The van der Waals surface area contributed by atoms with Crippen LogP contribution in [0.4, 0.5) is 10.7 Å². The van der Waals surface area contributed by atoms with Gasteiger partial charge in [-0.05, 0) is 59.9 Å². The zero-order valence-corrected chi connectivity index (χ0v) is 14.8. The molecular weight excluding hydrogens is 292 g/mol. The van der Waals surface area contributed by atoms with Crippen LogP contribution < -0.4 is 10.2 Å². The molecule has 1 aliphatic heterocycles. The van der Waals surface area contributed by atoms with Crippen molar-refractivity contribution in [2.75, 3.05) is 18.0 Å². The third kappa shape index (κ3) is 5.37. The standard InChI is InChI=1S/C17H28N4O2/c1-12-10-13(2)20-15(19-12)21-9-7-6-8-14(21)11-18-16(22)23-17(3,4)5/h10,14H,6-9,11H2,1-5H3,(H,18,22)/t14-/m0/s1. The fourth-order valence-electron chi connectivity index (χ4n) is 2.83. The highest BCUT2D eigenvalue weighted by Crippen LogP contribution is 2.22. The lowest BCUT2D eigenvalue weighted by molar-refractivity contribution is 0.0522. The van der Waals surface area contributed by atoms with Crippen molar-refractivity contribution >= 4 is 12.0 Å². The van der Waals surface area contributed by atoms with Crippen LogP contribution in [0.2, 0.25) is 0 Å². The molecule has 0 aromatic carbocycles. The lowest BCUT2D eigenvalue weighted by Crippen LogP contribution is -2.48. The fourth-order valence-corrected chi connectivity index (χ4v) is 2.83. The zero-order chi connectivity index (χ0) is 17.0. The van der Waals surface area contributed by atoms with E-state index in [0.29, 0.717) is 6.54 Å². The summed E-state index contributed by atoms with van der Waals surface area (Å²) in [6.45, 7) is 11.0. The van der Waals surface area contributed by atoms with E-state index in [4.69, 9.17) is 4.74 Å². The first-order valence-electron chi connectivity index (χ1n) is 8.30. The van der Waals surface area contributed by atoms with Gasteiger partial charge in [-0.3, -0.25) is 0 Å². The van der Waals surface area contributed by atoms with E-state index in [1.165, 1.54) is 0 Å². The number of alkyl carbamates (subject to hydrolysis) is 1. The maximum atomic E-state index is 11.9. The molecule has 1 N–H and O–H groups in total. The minimum Gasteiger partial charge on any atom is -0.444 e. The van der Waals surface area contributed by atoms with Crippen molar-refractivity contribution < 1.29 is 9.53 Å². The molecule has 1 aromatic rings. The summed E-state index contributed by atoms with van der Waals surface area (Å²) in [6.07, 6.45) is 2.93. The first-order valence-corrected chi connectivity index (χ1v) is 8.30. The Hall–Kier alpha value is -1.85. The molecule has 0 bridgehead atoms. The predicted molar refractivity (Wildman–Crippen MR) is 90.7 cm³/mol. The van der Waals surface area contributed by atoms with E-state index >= 15 is 0 Å². The minimum absolute atomic E-state index is 0.206. The van der Waals surface area contributed by atoms with Crippen molar-refractivity contribution in [2.45, 2.75) is 65.5 Å². The topological polar surface area (TPSA) is 67.4 Å². The molecule has 1 aromatic heterocycles. The SMILES string of the molecule is Cc1cc(C)nc(N2CCCC[C@H]2CNC(=O)OC(C)(C)C)n1. The monoisotopic (exact) mass is 320 g/mol. The number of hydrogen-bond donors (Lipinski definition) is 1. The van der Waals surface area contributed by atoms with Crippen molar-refractivity contribution in [1.82, 2.24) is 15.3 Å². The van der Waals surface area contributed by atoms with E-state index in [1.807, 2.05) is 40.7 Å². The van der Waals surface area contributed by atoms with Crippen LogP contribution in [0.1, 0.15) is 51.4 Å². The summed E-state index contributed by atoms with van der Waals surface area (Å²) in [7, 11) is 0. The second-order valence-corrected chi connectivity index (χ2v) is 7.18. The van der Waals surface area contributed by atoms with E-state index in [0.717, 1.165) is 43.1 Å². The molecule has 0 unspecified atom stereocenters. The first-order chi connectivity index (χ1) is 10.7. The maximum Gasteiger partial charge on any atom is 0.407 e. The summed E-state index contributed by atoms with van der Waals surface area (Å²) < 4.78 is 5.31. The van der Waals surface area contributed by atoms with Crippen LogP contribution in [0.3, 0.4) is 0 Å². The Kier molecular flexibility index (Phi) is 5.44. The second kappa shape index (κ2) is 7.15. The average molecular weight is 320 g/mol. The Bertz CT molecular complexity index is 534. The molecule has 6 nitrogen and oxygen atoms in total. The van der Waals surface area contributed by atoms with Gasteiger partial charge in [0, 0.05) is 30.5 Å². The third-order valence-corrected chi connectivity index (χ3v) is 3.74. The smallest absolute Gasteiger partial charge is 0.407 e. The Balaban J connectivity index is 2.02. The number of nitrogens with zero attached hydrogens (tertiary/aromatic N) is 3. The van der Waals surface area contributed by atoms with Crippen molar-refractivity contribution in [3.8, 4) is 0 Å². The normalized spacial score (nSPS) is 18.7. The molecule has 23 heavy (non-hydrogen) atoms. The molecule has 1 atom stereocenters. The number of carbonyl (C=O) groups is 1. The van der Waals surface area contributed by atoms with E-state index in [1.54, 1.807) is 0 Å². The lowest BCUT2D eigenvalue weighted by atomic mass is 10.0. The van der Waals surface area contributed by atoms with E-state index < -0.39 is 5.60 Å². The number of aryl methyl sites for hydroxylation is 2. The first kappa shape index (κ1) is 17.5. The molecule has 2 heterocycles. The number of piperidine rings is 1. The summed E-state index contributed by atoms with van der Waals surface area (Å²) in [5.74, 6) is 0.762. The summed E-state index contributed by atoms with van der Waals surface area (Å²) in [5.41, 5.74) is 1.46. The number of aromatic nitrogens is 2. The maximum absolute atomic E-state index is 11.9. The quantitative estimate of drug-likeness (QED) is 0.927. The zero-order valence-electron chi connectivity index (χ0n) is 14.8. The molecule has 0 saturated carbocycles. The Morgan fingerprint density at radius 1 is 1.30 bits per heavy atom. The van der Waals surface area contributed by atoms with Gasteiger partial charge in [0.2, 0.25) is 5.95 Å². The number of carbonyl (C=O) groups excluding carboxylic acids is 1. The molecular formula is C17H28N4O2. The molecule has 0 radical (unpaired) electrons. The van der Waals surface area contributed by atoms with Gasteiger partial charge in [-0.2, -0.15) is 0 Å². The fraction of sp³-hybridized carbons (Fsp3) is 0.706. The van der Waals surface area contributed by atoms with Crippen molar-refractivity contribution in [2.24, 2.45) is 0 Å². The largest absolute Gasteiger partial charge is 0.444 e. The third-order valence-electron chi connectivity index (χ3n) is 3.74. The van der Waals surface area contributed by atoms with Crippen LogP contribution in [-0.4, -0.2) is 40.8 Å². The van der Waals surface area contributed by atoms with E-state index in [9.17, 15) is 4.79 Å². The highest BCUT2D eigenvalue weighted by molar-refractivity contribution is 5.67. The van der Waals surface area contributed by atoms with Crippen molar-refractivity contribution in [3.63, 3.8) is 0 Å². The molecule has 128 valence electrons. The summed E-state index contributed by atoms with van der Waals surface area (Å²) in [4.78, 5) is 23.2. The Labute approximate surface area is 138 Å². The van der Waals surface area contributed by atoms with Gasteiger partial charge in [0.05, 0.1) is 0 Å². The summed E-state index contributed by atoms with van der Waals surface area (Å²) in [6, 6.07) is 2.18. The molecule has 1 amide bonds. The van der Waals surface area contributed by atoms with E-state index in [2.05, 4.69) is 20.2 Å². The van der Waals surface area contributed by atoms with Crippen molar-refractivity contribution in [3.05, 3.63) is 17.5 Å². The second-order valence-electron chi connectivity index (χ2n) is 7.18. The molecule has 1 saturated heterocycles. The van der Waals surface area contributed by atoms with Crippen LogP contribution in [0.15, 0.2) is 6.07 Å². The Morgan fingerprint density at radius 2 is 1.96 bits per heavy atom. The highest BCUT2D eigenvalue weighted by Gasteiger charge is 2.26. The Morgan fingerprint density at radius 3 is 2.57 bits per heavy atom. The number of ether oxygens (including phenoxy) is 1. The highest BCUT2D eigenvalue weighted by atomic mass is 16.6. The number of amides is 1. The van der Waals surface area contributed by atoms with Gasteiger partial charge < -0.3 is 15.0 Å². The minimum atomic E-state index is -0.479.